The minimum atomic E-state index is 0.684. The summed E-state index contributed by atoms with van der Waals surface area (Å²) in [5, 5.41) is 0. The Morgan fingerprint density at radius 3 is 2.75 bits per heavy atom. The molecule has 0 radical (unpaired) electrons. The number of nitrogens with one attached hydrogen (secondary N) is 1. The molecule has 0 spiro atoms. The van der Waals surface area contributed by atoms with E-state index in [4.69, 9.17) is 5.84 Å². The second-order valence-corrected chi connectivity index (χ2v) is 5.63. The highest BCUT2D eigenvalue weighted by Crippen LogP contribution is 2.25. The van der Waals surface area contributed by atoms with Crippen molar-refractivity contribution < 1.29 is 0 Å². The third kappa shape index (κ3) is 3.95. The maximum atomic E-state index is 5.47. The highest BCUT2D eigenvalue weighted by Gasteiger charge is 2.05. The largest absolute Gasteiger partial charge is 0.308 e. The minimum absolute atomic E-state index is 0.684. The quantitative estimate of drug-likeness (QED) is 0.485. The average Bonchev–Trinajstić information content (AvgIpc) is 2.46. The SMILES string of the molecule is CCCc1cc(NN)nc(CSc2ccccc2C)n1. The van der Waals surface area contributed by atoms with Crippen molar-refractivity contribution in [3.05, 3.63) is 47.4 Å². The van der Waals surface area contributed by atoms with E-state index in [2.05, 4.69) is 47.4 Å². The summed E-state index contributed by atoms with van der Waals surface area (Å²) in [7, 11) is 0. The van der Waals surface area contributed by atoms with E-state index < -0.39 is 0 Å². The summed E-state index contributed by atoms with van der Waals surface area (Å²) in [6.45, 7) is 4.25. The molecule has 1 heterocycles. The number of thioether (sulfide) groups is 1. The third-order valence-electron chi connectivity index (χ3n) is 2.93. The Morgan fingerprint density at radius 2 is 2.05 bits per heavy atom. The van der Waals surface area contributed by atoms with Crippen molar-refractivity contribution in [2.24, 2.45) is 5.84 Å². The van der Waals surface area contributed by atoms with E-state index in [1.807, 2.05) is 12.1 Å². The molecule has 0 aliphatic heterocycles. The van der Waals surface area contributed by atoms with E-state index in [0.29, 0.717) is 5.82 Å². The molecule has 3 N–H and O–H groups in total. The number of hydrazine groups is 1. The van der Waals surface area contributed by atoms with Crippen LogP contribution in [0.4, 0.5) is 5.82 Å². The summed E-state index contributed by atoms with van der Waals surface area (Å²) in [5.41, 5.74) is 4.93. The number of nitrogens with two attached hydrogens (primary N) is 1. The number of hydrogen-bond donors (Lipinski definition) is 2. The molecular formula is C15H20N4S. The van der Waals surface area contributed by atoms with Gasteiger partial charge >= 0.3 is 0 Å². The monoisotopic (exact) mass is 288 g/mol. The molecule has 0 fully saturated rings. The molecule has 5 heteroatoms. The lowest BCUT2D eigenvalue weighted by atomic mass is 10.2. The second-order valence-electron chi connectivity index (χ2n) is 4.61. The minimum Gasteiger partial charge on any atom is -0.308 e. The molecular weight excluding hydrogens is 268 g/mol. The van der Waals surface area contributed by atoms with Crippen LogP contribution < -0.4 is 11.3 Å². The van der Waals surface area contributed by atoms with Gasteiger partial charge in [0, 0.05) is 16.7 Å². The highest BCUT2D eigenvalue weighted by molar-refractivity contribution is 7.98. The predicted octanol–water partition coefficient (Wildman–Crippen LogP) is 3.32. The fraction of sp³-hybridized carbons (Fsp3) is 0.333. The Labute approximate surface area is 124 Å². The molecule has 106 valence electrons. The first kappa shape index (κ1) is 14.8. The summed E-state index contributed by atoms with van der Waals surface area (Å²) >= 11 is 1.75. The Bertz CT molecular complexity index is 572. The molecule has 0 atom stereocenters. The lowest BCUT2D eigenvalue weighted by molar-refractivity contribution is 0.853. The van der Waals surface area contributed by atoms with Gasteiger partial charge in [-0.2, -0.15) is 0 Å². The van der Waals surface area contributed by atoms with Crippen LogP contribution in [0.25, 0.3) is 0 Å². The van der Waals surface area contributed by atoms with Crippen LogP contribution >= 0.6 is 11.8 Å². The molecule has 0 amide bonds. The van der Waals surface area contributed by atoms with Crippen LogP contribution in [0, 0.1) is 6.92 Å². The Hall–Kier alpha value is -1.59. The van der Waals surface area contributed by atoms with Crippen molar-refractivity contribution in [2.75, 3.05) is 5.43 Å². The van der Waals surface area contributed by atoms with Crippen molar-refractivity contribution in [1.82, 2.24) is 9.97 Å². The number of nitrogen functional groups attached to an aromatic ring is 1. The molecule has 0 aliphatic rings. The van der Waals surface area contributed by atoms with Crippen LogP contribution in [0.5, 0.6) is 0 Å². The first-order valence-electron chi connectivity index (χ1n) is 6.74. The second kappa shape index (κ2) is 7.26. The topological polar surface area (TPSA) is 63.8 Å². The fourth-order valence-corrected chi connectivity index (χ4v) is 2.82. The number of rotatable bonds is 6. The predicted molar refractivity (Wildman–Crippen MR) is 84.6 cm³/mol. The summed E-state index contributed by atoms with van der Waals surface area (Å²) in [6.07, 6.45) is 2.00. The normalized spacial score (nSPS) is 10.6. The molecule has 1 aromatic carbocycles. The maximum Gasteiger partial charge on any atom is 0.143 e. The lowest BCUT2D eigenvalue weighted by Gasteiger charge is -2.08. The zero-order chi connectivity index (χ0) is 14.4. The molecule has 4 nitrogen and oxygen atoms in total. The standard InChI is InChI=1S/C15H20N4S/c1-3-6-12-9-14(19-16)18-15(17-12)10-20-13-8-5-4-7-11(13)2/h4-5,7-9H,3,6,10,16H2,1-2H3,(H,17,18,19). The van der Waals surface area contributed by atoms with E-state index in [1.165, 1.54) is 10.5 Å². The first-order valence-corrected chi connectivity index (χ1v) is 7.73. The van der Waals surface area contributed by atoms with Crippen LogP contribution in [0.2, 0.25) is 0 Å². The van der Waals surface area contributed by atoms with Crippen LogP contribution in [-0.2, 0) is 12.2 Å². The van der Waals surface area contributed by atoms with Crippen LogP contribution in [0.15, 0.2) is 35.2 Å². The number of aromatic nitrogens is 2. The van der Waals surface area contributed by atoms with Gasteiger partial charge in [-0.25, -0.2) is 15.8 Å². The van der Waals surface area contributed by atoms with Crippen molar-refractivity contribution in [1.29, 1.82) is 0 Å². The zero-order valence-corrected chi connectivity index (χ0v) is 12.7. The van der Waals surface area contributed by atoms with E-state index in [9.17, 15) is 0 Å². The smallest absolute Gasteiger partial charge is 0.143 e. The van der Waals surface area contributed by atoms with Gasteiger partial charge in [0.1, 0.15) is 11.6 Å². The van der Waals surface area contributed by atoms with Gasteiger partial charge < -0.3 is 5.43 Å². The van der Waals surface area contributed by atoms with Crippen LogP contribution in [-0.4, -0.2) is 9.97 Å². The zero-order valence-electron chi connectivity index (χ0n) is 11.9. The lowest BCUT2D eigenvalue weighted by Crippen LogP contribution is -2.11. The Balaban J connectivity index is 2.12. The Kier molecular flexibility index (Phi) is 5.38. The molecule has 0 aliphatic carbocycles. The number of aryl methyl sites for hydroxylation is 2. The molecule has 2 aromatic rings. The molecule has 1 aromatic heterocycles. The van der Waals surface area contributed by atoms with E-state index in [1.54, 1.807) is 11.8 Å². The molecule has 20 heavy (non-hydrogen) atoms. The van der Waals surface area contributed by atoms with Gasteiger partial charge in [0.25, 0.3) is 0 Å². The molecule has 0 unspecified atom stereocenters. The average molecular weight is 288 g/mol. The third-order valence-corrected chi connectivity index (χ3v) is 4.10. The van der Waals surface area contributed by atoms with Gasteiger partial charge in [-0.1, -0.05) is 31.5 Å². The van der Waals surface area contributed by atoms with Gasteiger partial charge in [0.2, 0.25) is 0 Å². The van der Waals surface area contributed by atoms with Crippen LogP contribution in [0.1, 0.15) is 30.4 Å². The molecule has 2 rings (SSSR count). The number of nitrogens with zero attached hydrogens (tertiary/aromatic N) is 2. The van der Waals surface area contributed by atoms with Crippen molar-refractivity contribution in [3.63, 3.8) is 0 Å². The van der Waals surface area contributed by atoms with E-state index in [0.717, 1.165) is 30.1 Å². The molecule has 0 saturated carbocycles. The van der Waals surface area contributed by atoms with Gasteiger partial charge in [-0.05, 0) is 25.0 Å². The van der Waals surface area contributed by atoms with Gasteiger partial charge in [0.15, 0.2) is 0 Å². The van der Waals surface area contributed by atoms with Gasteiger partial charge in [-0.15, -0.1) is 11.8 Å². The first-order chi connectivity index (χ1) is 9.72. The van der Waals surface area contributed by atoms with E-state index >= 15 is 0 Å². The van der Waals surface area contributed by atoms with Crippen LogP contribution in [0.3, 0.4) is 0 Å². The van der Waals surface area contributed by atoms with Gasteiger partial charge in [-0.3, -0.25) is 0 Å². The molecule has 0 saturated heterocycles. The number of anilines is 1. The summed E-state index contributed by atoms with van der Waals surface area (Å²) in [6, 6.07) is 10.2. The van der Waals surface area contributed by atoms with Crippen molar-refractivity contribution in [3.8, 4) is 0 Å². The van der Waals surface area contributed by atoms with Crippen molar-refractivity contribution in [2.45, 2.75) is 37.3 Å². The fourth-order valence-electron chi connectivity index (χ4n) is 1.94. The molecule has 0 bridgehead atoms. The van der Waals surface area contributed by atoms with E-state index in [-0.39, 0.29) is 0 Å². The summed E-state index contributed by atoms with van der Waals surface area (Å²) in [5.74, 6) is 7.72. The maximum absolute atomic E-state index is 5.47. The summed E-state index contributed by atoms with van der Waals surface area (Å²) in [4.78, 5) is 10.3. The van der Waals surface area contributed by atoms with Crippen molar-refractivity contribution >= 4 is 17.6 Å². The van der Waals surface area contributed by atoms with Gasteiger partial charge in [0.05, 0.1) is 5.75 Å². The Morgan fingerprint density at radius 1 is 1.25 bits per heavy atom. The highest BCUT2D eigenvalue weighted by atomic mass is 32.2. The summed E-state index contributed by atoms with van der Waals surface area (Å²) < 4.78 is 0. The number of benzene rings is 1. The number of hydrogen-bond acceptors (Lipinski definition) is 5.